The van der Waals surface area contributed by atoms with Gasteiger partial charge in [0.15, 0.2) is 0 Å². The standard InChI is InChI=1S/C11H7BrFNO4S2/c12-6-1-2-7(13)8(5-6)14-20(17,18)10-4-3-9(19-10)11(15)16/h1-5,14H,(H,15,16). The molecule has 1 aromatic carbocycles. The number of thiophene rings is 1. The fourth-order valence-electron chi connectivity index (χ4n) is 1.35. The molecule has 1 aromatic heterocycles. The molecule has 2 N–H and O–H groups in total. The summed E-state index contributed by atoms with van der Waals surface area (Å²) < 4.78 is 40.0. The van der Waals surface area contributed by atoms with E-state index < -0.39 is 21.8 Å². The average Bonchev–Trinajstić information content (AvgIpc) is 2.84. The maximum absolute atomic E-state index is 13.5. The molecular weight excluding hydrogens is 373 g/mol. The summed E-state index contributed by atoms with van der Waals surface area (Å²) in [6.45, 7) is 0. The molecule has 9 heteroatoms. The highest BCUT2D eigenvalue weighted by atomic mass is 79.9. The lowest BCUT2D eigenvalue weighted by Gasteiger charge is -2.07. The van der Waals surface area contributed by atoms with Crippen LogP contribution in [0.4, 0.5) is 10.1 Å². The SMILES string of the molecule is O=C(O)c1ccc(S(=O)(=O)Nc2cc(Br)ccc2F)s1. The Bertz CT molecular complexity index is 772. The van der Waals surface area contributed by atoms with E-state index >= 15 is 0 Å². The number of aromatic carboxylic acids is 1. The van der Waals surface area contributed by atoms with Crippen LogP contribution in [0, 0.1) is 5.82 Å². The van der Waals surface area contributed by atoms with Gasteiger partial charge in [0, 0.05) is 4.47 Å². The minimum atomic E-state index is -4.02. The molecule has 0 saturated carbocycles. The van der Waals surface area contributed by atoms with Gasteiger partial charge in [-0.2, -0.15) is 0 Å². The van der Waals surface area contributed by atoms with Gasteiger partial charge in [-0.25, -0.2) is 17.6 Å². The molecule has 0 radical (unpaired) electrons. The molecule has 1 heterocycles. The van der Waals surface area contributed by atoms with E-state index in [9.17, 15) is 17.6 Å². The number of hydrogen-bond acceptors (Lipinski definition) is 4. The molecule has 20 heavy (non-hydrogen) atoms. The molecule has 0 saturated heterocycles. The third-order valence-corrected chi connectivity index (χ3v) is 5.65. The second-order valence-electron chi connectivity index (χ2n) is 3.65. The van der Waals surface area contributed by atoms with E-state index in [-0.39, 0.29) is 14.8 Å². The summed E-state index contributed by atoms with van der Waals surface area (Å²) in [4.78, 5) is 10.6. The zero-order valence-electron chi connectivity index (χ0n) is 9.63. The number of nitrogens with one attached hydrogen (secondary N) is 1. The van der Waals surface area contributed by atoms with Gasteiger partial charge in [0.25, 0.3) is 10.0 Å². The van der Waals surface area contributed by atoms with Crippen molar-refractivity contribution < 1.29 is 22.7 Å². The van der Waals surface area contributed by atoms with Crippen LogP contribution in [0.2, 0.25) is 0 Å². The van der Waals surface area contributed by atoms with Crippen molar-refractivity contribution in [2.45, 2.75) is 4.21 Å². The molecular formula is C11H7BrFNO4S2. The lowest BCUT2D eigenvalue weighted by molar-refractivity contribution is 0.0702. The van der Waals surface area contributed by atoms with Crippen molar-refractivity contribution in [3.8, 4) is 0 Å². The van der Waals surface area contributed by atoms with Crippen molar-refractivity contribution >= 4 is 48.9 Å². The quantitative estimate of drug-likeness (QED) is 0.854. The summed E-state index contributed by atoms with van der Waals surface area (Å²) in [5, 5.41) is 8.76. The molecule has 0 spiro atoms. The smallest absolute Gasteiger partial charge is 0.345 e. The van der Waals surface area contributed by atoms with Crippen LogP contribution in [-0.2, 0) is 10.0 Å². The van der Waals surface area contributed by atoms with E-state index in [4.69, 9.17) is 5.11 Å². The Morgan fingerprint density at radius 1 is 1.30 bits per heavy atom. The number of carbonyl (C=O) groups is 1. The van der Waals surface area contributed by atoms with E-state index in [2.05, 4.69) is 20.7 Å². The van der Waals surface area contributed by atoms with Gasteiger partial charge >= 0.3 is 5.97 Å². The highest BCUT2D eigenvalue weighted by molar-refractivity contribution is 9.10. The number of carboxylic acid groups (broad SMARTS) is 1. The van der Waals surface area contributed by atoms with Crippen molar-refractivity contribution in [2.75, 3.05) is 4.72 Å². The summed E-state index contributed by atoms with van der Waals surface area (Å²) in [7, 11) is -4.02. The first-order valence-electron chi connectivity index (χ1n) is 5.10. The van der Waals surface area contributed by atoms with Crippen molar-refractivity contribution in [1.29, 1.82) is 0 Å². The second kappa shape index (κ2) is 5.51. The van der Waals surface area contributed by atoms with Gasteiger partial charge in [-0.05, 0) is 30.3 Å². The summed E-state index contributed by atoms with van der Waals surface area (Å²) >= 11 is 3.70. The first-order valence-corrected chi connectivity index (χ1v) is 8.20. The number of anilines is 1. The average molecular weight is 380 g/mol. The fourth-order valence-corrected chi connectivity index (χ4v) is 3.91. The molecule has 0 bridgehead atoms. The number of halogens is 2. The molecule has 0 aliphatic rings. The Morgan fingerprint density at radius 3 is 2.60 bits per heavy atom. The maximum atomic E-state index is 13.5. The Hall–Kier alpha value is -1.45. The van der Waals surface area contributed by atoms with Crippen molar-refractivity contribution in [3.63, 3.8) is 0 Å². The van der Waals surface area contributed by atoms with Crippen LogP contribution in [0.1, 0.15) is 9.67 Å². The van der Waals surface area contributed by atoms with Crippen molar-refractivity contribution in [2.24, 2.45) is 0 Å². The Labute approximate surface area is 126 Å². The maximum Gasteiger partial charge on any atom is 0.345 e. The minimum absolute atomic E-state index is 0.111. The largest absolute Gasteiger partial charge is 0.477 e. The highest BCUT2D eigenvalue weighted by Gasteiger charge is 2.20. The predicted molar refractivity (Wildman–Crippen MR) is 76.2 cm³/mol. The van der Waals surface area contributed by atoms with E-state index in [0.717, 1.165) is 12.1 Å². The normalized spacial score (nSPS) is 11.3. The number of hydrogen-bond donors (Lipinski definition) is 2. The topological polar surface area (TPSA) is 83.5 Å². The van der Waals surface area contributed by atoms with Crippen LogP contribution >= 0.6 is 27.3 Å². The number of sulfonamides is 1. The fraction of sp³-hybridized carbons (Fsp3) is 0. The van der Waals surface area contributed by atoms with Crippen LogP contribution in [0.25, 0.3) is 0 Å². The van der Waals surface area contributed by atoms with Crippen molar-refractivity contribution in [3.05, 3.63) is 45.5 Å². The van der Waals surface area contributed by atoms with Gasteiger partial charge in [-0.3, -0.25) is 4.72 Å². The molecule has 2 rings (SSSR count). The zero-order valence-corrected chi connectivity index (χ0v) is 12.9. The third kappa shape index (κ3) is 3.17. The Balaban J connectivity index is 2.35. The molecule has 0 amide bonds. The Morgan fingerprint density at radius 2 is 2.00 bits per heavy atom. The van der Waals surface area contributed by atoms with Crippen LogP contribution in [0.15, 0.2) is 39.0 Å². The van der Waals surface area contributed by atoms with Gasteiger partial charge in [-0.1, -0.05) is 15.9 Å². The monoisotopic (exact) mass is 379 g/mol. The minimum Gasteiger partial charge on any atom is -0.477 e. The van der Waals surface area contributed by atoms with E-state index in [1.54, 1.807) is 0 Å². The van der Waals surface area contributed by atoms with Crippen LogP contribution < -0.4 is 4.72 Å². The van der Waals surface area contributed by atoms with Gasteiger partial charge in [0.1, 0.15) is 14.9 Å². The second-order valence-corrected chi connectivity index (χ2v) is 7.56. The third-order valence-electron chi connectivity index (χ3n) is 2.23. The van der Waals surface area contributed by atoms with Crippen LogP contribution in [0.3, 0.4) is 0 Å². The molecule has 106 valence electrons. The zero-order chi connectivity index (χ0) is 14.9. The van der Waals surface area contributed by atoms with E-state index in [0.29, 0.717) is 15.8 Å². The first-order chi connectivity index (χ1) is 9.29. The van der Waals surface area contributed by atoms with Crippen LogP contribution in [-0.4, -0.2) is 19.5 Å². The van der Waals surface area contributed by atoms with Gasteiger partial charge < -0.3 is 5.11 Å². The molecule has 2 aromatic rings. The molecule has 5 nitrogen and oxygen atoms in total. The van der Waals surface area contributed by atoms with E-state index in [1.165, 1.54) is 18.2 Å². The first kappa shape index (κ1) is 14.9. The lowest BCUT2D eigenvalue weighted by Crippen LogP contribution is -2.12. The van der Waals surface area contributed by atoms with Gasteiger partial charge in [-0.15, -0.1) is 11.3 Å². The molecule has 0 aliphatic heterocycles. The number of carboxylic acids is 1. The van der Waals surface area contributed by atoms with Gasteiger partial charge in [0.2, 0.25) is 0 Å². The number of rotatable bonds is 4. The predicted octanol–water partition coefficient (Wildman–Crippen LogP) is 3.15. The van der Waals surface area contributed by atoms with Gasteiger partial charge in [0.05, 0.1) is 5.69 Å². The number of benzene rings is 1. The molecule has 0 aliphatic carbocycles. The molecule has 0 fully saturated rings. The van der Waals surface area contributed by atoms with Crippen LogP contribution in [0.5, 0.6) is 0 Å². The summed E-state index contributed by atoms with van der Waals surface area (Å²) in [5.41, 5.74) is -0.218. The Kier molecular flexibility index (Phi) is 4.11. The summed E-state index contributed by atoms with van der Waals surface area (Å²) in [6.07, 6.45) is 0. The van der Waals surface area contributed by atoms with Crippen molar-refractivity contribution in [1.82, 2.24) is 0 Å². The lowest BCUT2D eigenvalue weighted by atomic mass is 10.3. The summed E-state index contributed by atoms with van der Waals surface area (Å²) in [6, 6.07) is 6.16. The highest BCUT2D eigenvalue weighted by Crippen LogP contribution is 2.26. The van der Waals surface area contributed by atoms with E-state index in [1.807, 2.05) is 0 Å². The molecule has 0 atom stereocenters. The summed E-state index contributed by atoms with van der Waals surface area (Å²) in [5.74, 6) is -1.95. The molecule has 0 unspecified atom stereocenters.